The molecule has 15 heavy (non-hydrogen) atoms. The molecule has 2 aromatic heterocycles. The molecule has 0 amide bonds. The first-order chi connectivity index (χ1) is 7.24. The molecule has 0 spiro atoms. The lowest BCUT2D eigenvalue weighted by Gasteiger charge is -1.95. The summed E-state index contributed by atoms with van der Waals surface area (Å²) in [5.74, 6) is -0.788. The second kappa shape index (κ2) is 3.40. The molecule has 5 heteroatoms. The highest BCUT2D eigenvalue weighted by atomic mass is 16.4. The van der Waals surface area contributed by atoms with E-state index in [-0.39, 0.29) is 11.4 Å². The molecule has 0 aliphatic heterocycles. The van der Waals surface area contributed by atoms with Crippen molar-refractivity contribution in [2.75, 3.05) is 0 Å². The maximum Gasteiger partial charge on any atom is 0.337 e. The third-order valence-electron chi connectivity index (χ3n) is 2.05. The number of rotatable bonds is 2. The van der Waals surface area contributed by atoms with Crippen LogP contribution in [-0.4, -0.2) is 21.6 Å². The molecule has 0 aliphatic carbocycles. The van der Waals surface area contributed by atoms with E-state index in [9.17, 15) is 9.59 Å². The lowest BCUT2D eigenvalue weighted by molar-refractivity contribution is 0.0699. The van der Waals surface area contributed by atoms with Crippen molar-refractivity contribution in [3.05, 3.63) is 36.0 Å². The van der Waals surface area contributed by atoms with Crippen LogP contribution in [0.5, 0.6) is 0 Å². The number of pyridine rings is 1. The monoisotopic (exact) mass is 202 g/mol. The summed E-state index contributed by atoms with van der Waals surface area (Å²) in [6, 6.07) is 6.43. The number of carbonyl (C=O) groups is 1. The first kappa shape index (κ1) is 9.18. The molecular weight excluding hydrogens is 196 g/mol. The first-order valence-corrected chi connectivity index (χ1v) is 4.15. The van der Waals surface area contributed by atoms with Gasteiger partial charge < -0.3 is 9.51 Å². The van der Waals surface area contributed by atoms with E-state index in [1.165, 1.54) is 16.5 Å². The molecule has 0 aromatic carbocycles. The molecule has 0 fully saturated rings. The standard InChI is InChI=1S/C10H6N2O3/c13-6-11-9-5-7(10(14)15)8-3-1-2-4-12(8)9/h1-5H,(H,14,15). The number of aliphatic imine (C=N–C) groups is 1. The Morgan fingerprint density at radius 1 is 1.47 bits per heavy atom. The Balaban J connectivity index is 2.84. The first-order valence-electron chi connectivity index (χ1n) is 4.15. The molecule has 74 valence electrons. The quantitative estimate of drug-likeness (QED) is 0.593. The van der Waals surface area contributed by atoms with Crippen molar-refractivity contribution in [1.29, 1.82) is 0 Å². The SMILES string of the molecule is O=C=Nc1cc(C(=O)O)c2ccccn12. The number of carbonyl (C=O) groups excluding carboxylic acids is 1. The maximum absolute atomic E-state index is 10.9. The van der Waals surface area contributed by atoms with Gasteiger partial charge in [-0.1, -0.05) is 6.07 Å². The number of hydrogen-bond donors (Lipinski definition) is 1. The minimum atomic E-state index is -1.05. The lowest BCUT2D eigenvalue weighted by atomic mass is 10.2. The normalized spacial score (nSPS) is 9.87. The second-order valence-corrected chi connectivity index (χ2v) is 2.88. The largest absolute Gasteiger partial charge is 0.478 e. The van der Waals surface area contributed by atoms with Gasteiger partial charge in [-0.3, -0.25) is 0 Å². The van der Waals surface area contributed by atoms with Crippen LogP contribution in [0, 0.1) is 0 Å². The number of carboxylic acids is 1. The number of carboxylic acid groups (broad SMARTS) is 1. The van der Waals surface area contributed by atoms with Gasteiger partial charge in [-0.25, -0.2) is 9.59 Å². The third-order valence-corrected chi connectivity index (χ3v) is 2.05. The third kappa shape index (κ3) is 1.41. The van der Waals surface area contributed by atoms with Gasteiger partial charge in [-0.2, -0.15) is 0 Å². The Hall–Kier alpha value is -2.39. The van der Waals surface area contributed by atoms with E-state index in [0.717, 1.165) is 0 Å². The topological polar surface area (TPSA) is 71.1 Å². The van der Waals surface area contributed by atoms with E-state index < -0.39 is 5.97 Å². The van der Waals surface area contributed by atoms with Gasteiger partial charge in [0, 0.05) is 6.20 Å². The van der Waals surface area contributed by atoms with Gasteiger partial charge >= 0.3 is 5.97 Å². The van der Waals surface area contributed by atoms with Gasteiger partial charge in [0.1, 0.15) is 0 Å². The Morgan fingerprint density at radius 2 is 2.27 bits per heavy atom. The van der Waals surface area contributed by atoms with Crippen LogP contribution in [0.15, 0.2) is 35.5 Å². The lowest BCUT2D eigenvalue weighted by Crippen LogP contribution is -1.94. The number of hydrogen-bond acceptors (Lipinski definition) is 3. The Labute approximate surface area is 84.3 Å². The van der Waals surface area contributed by atoms with Crippen LogP contribution >= 0.6 is 0 Å². The summed E-state index contributed by atoms with van der Waals surface area (Å²) in [4.78, 5) is 24.5. The fourth-order valence-electron chi connectivity index (χ4n) is 1.44. The molecule has 2 rings (SSSR count). The van der Waals surface area contributed by atoms with Gasteiger partial charge in [0.25, 0.3) is 0 Å². The number of nitrogens with zero attached hydrogens (tertiary/aromatic N) is 2. The van der Waals surface area contributed by atoms with Crippen molar-refractivity contribution in [1.82, 2.24) is 4.40 Å². The highest BCUT2D eigenvalue weighted by molar-refractivity contribution is 5.97. The molecule has 2 aromatic rings. The number of aromatic carboxylic acids is 1. The average Bonchev–Trinajstić information content (AvgIpc) is 2.59. The Morgan fingerprint density at radius 3 is 2.93 bits per heavy atom. The summed E-state index contributed by atoms with van der Waals surface area (Å²) in [6.07, 6.45) is 3.03. The van der Waals surface area contributed by atoms with E-state index in [1.807, 2.05) is 0 Å². The molecular formula is C10H6N2O3. The summed E-state index contributed by atoms with van der Waals surface area (Å²) < 4.78 is 1.52. The highest BCUT2D eigenvalue weighted by Gasteiger charge is 2.13. The van der Waals surface area contributed by atoms with Crippen LogP contribution in [0.3, 0.4) is 0 Å². The van der Waals surface area contributed by atoms with E-state index >= 15 is 0 Å². The van der Waals surface area contributed by atoms with Crippen molar-refractivity contribution in [2.45, 2.75) is 0 Å². The summed E-state index contributed by atoms with van der Waals surface area (Å²) in [5.41, 5.74) is 0.614. The molecule has 1 N–H and O–H groups in total. The van der Waals surface area contributed by atoms with E-state index in [1.54, 1.807) is 24.4 Å². The summed E-state index contributed by atoms with van der Waals surface area (Å²) in [5, 5.41) is 8.91. The predicted molar refractivity (Wildman–Crippen MR) is 52.1 cm³/mol. The van der Waals surface area contributed by atoms with Gasteiger partial charge in [-0.15, -0.1) is 4.99 Å². The number of fused-ring (bicyclic) bond motifs is 1. The summed E-state index contributed by atoms with van der Waals surface area (Å²) in [6.45, 7) is 0. The molecule has 2 heterocycles. The molecule has 0 saturated carbocycles. The van der Waals surface area contributed by atoms with Crippen molar-refractivity contribution >= 4 is 23.4 Å². The van der Waals surface area contributed by atoms with Crippen LogP contribution in [0.2, 0.25) is 0 Å². The van der Waals surface area contributed by atoms with Crippen molar-refractivity contribution < 1.29 is 14.7 Å². The Bertz CT molecular complexity index is 543. The minimum Gasteiger partial charge on any atom is -0.478 e. The maximum atomic E-state index is 10.9. The summed E-state index contributed by atoms with van der Waals surface area (Å²) >= 11 is 0. The van der Waals surface area contributed by atoms with Crippen molar-refractivity contribution in [2.24, 2.45) is 4.99 Å². The van der Waals surface area contributed by atoms with Gasteiger partial charge in [0.05, 0.1) is 11.1 Å². The average molecular weight is 202 g/mol. The molecule has 0 radical (unpaired) electrons. The molecule has 5 nitrogen and oxygen atoms in total. The van der Waals surface area contributed by atoms with E-state index in [4.69, 9.17) is 5.11 Å². The van der Waals surface area contributed by atoms with Crippen LogP contribution in [0.1, 0.15) is 10.4 Å². The van der Waals surface area contributed by atoms with Crippen molar-refractivity contribution in [3.63, 3.8) is 0 Å². The van der Waals surface area contributed by atoms with E-state index in [2.05, 4.69) is 4.99 Å². The minimum absolute atomic E-state index is 0.115. The molecule has 0 atom stereocenters. The van der Waals surface area contributed by atoms with Crippen LogP contribution in [0.25, 0.3) is 5.52 Å². The second-order valence-electron chi connectivity index (χ2n) is 2.88. The van der Waals surface area contributed by atoms with Gasteiger partial charge in [0.15, 0.2) is 5.82 Å². The van der Waals surface area contributed by atoms with Crippen LogP contribution in [-0.2, 0) is 4.79 Å². The zero-order valence-corrected chi connectivity index (χ0v) is 7.54. The molecule has 0 saturated heterocycles. The summed E-state index contributed by atoms with van der Waals surface area (Å²) in [7, 11) is 0. The molecule has 0 unspecified atom stereocenters. The van der Waals surface area contributed by atoms with Crippen LogP contribution in [0.4, 0.5) is 5.82 Å². The Kier molecular flexibility index (Phi) is 2.08. The predicted octanol–water partition coefficient (Wildman–Crippen LogP) is 1.60. The number of isocyanates is 1. The molecule has 0 bridgehead atoms. The fourth-order valence-corrected chi connectivity index (χ4v) is 1.44. The molecule has 0 aliphatic rings. The van der Waals surface area contributed by atoms with Crippen LogP contribution < -0.4 is 0 Å². The highest BCUT2D eigenvalue weighted by Crippen LogP contribution is 2.22. The van der Waals surface area contributed by atoms with Gasteiger partial charge in [0.2, 0.25) is 6.08 Å². The smallest absolute Gasteiger partial charge is 0.337 e. The number of aromatic nitrogens is 1. The zero-order valence-electron chi connectivity index (χ0n) is 7.54. The van der Waals surface area contributed by atoms with Gasteiger partial charge in [-0.05, 0) is 18.2 Å². The van der Waals surface area contributed by atoms with Crippen molar-refractivity contribution in [3.8, 4) is 0 Å². The zero-order chi connectivity index (χ0) is 10.8. The fraction of sp³-hybridized carbons (Fsp3) is 0. The van der Waals surface area contributed by atoms with E-state index in [0.29, 0.717) is 5.52 Å².